The van der Waals surface area contributed by atoms with Gasteiger partial charge in [0.25, 0.3) is 5.92 Å². The van der Waals surface area contributed by atoms with E-state index in [0.717, 1.165) is 12.2 Å². The van der Waals surface area contributed by atoms with Gasteiger partial charge in [0.05, 0.1) is 6.42 Å². The first-order valence-corrected chi connectivity index (χ1v) is 4.90. The molecular formula is C11H13F3O4. The quantitative estimate of drug-likeness (QED) is 0.496. The number of carbonyl (C=O) groups excluding carboxylic acids is 2. The minimum atomic E-state index is -3.66. The van der Waals surface area contributed by atoms with Crippen LogP contribution in [0.1, 0.15) is 6.42 Å². The van der Waals surface area contributed by atoms with Crippen molar-refractivity contribution in [1.82, 2.24) is 0 Å². The lowest BCUT2D eigenvalue weighted by Crippen LogP contribution is -2.33. The number of rotatable bonds is 8. The van der Waals surface area contributed by atoms with Gasteiger partial charge in [-0.05, 0) is 0 Å². The van der Waals surface area contributed by atoms with Crippen molar-refractivity contribution in [3.8, 4) is 0 Å². The van der Waals surface area contributed by atoms with Crippen LogP contribution in [-0.2, 0) is 19.1 Å². The van der Waals surface area contributed by atoms with Crippen molar-refractivity contribution in [1.29, 1.82) is 0 Å². The smallest absolute Gasteiger partial charge is 0.330 e. The van der Waals surface area contributed by atoms with E-state index in [1.54, 1.807) is 0 Å². The highest BCUT2D eigenvalue weighted by molar-refractivity contribution is 5.82. The summed E-state index contributed by atoms with van der Waals surface area (Å²) in [5.74, 6) is -5.49. The van der Waals surface area contributed by atoms with Crippen molar-refractivity contribution in [2.75, 3.05) is 13.3 Å². The van der Waals surface area contributed by atoms with Crippen LogP contribution in [0, 0.1) is 0 Å². The molecule has 0 aromatic rings. The number of carbonyl (C=O) groups is 2. The Morgan fingerprint density at radius 3 is 2.22 bits per heavy atom. The molecule has 0 rings (SSSR count). The molecule has 1 atom stereocenters. The van der Waals surface area contributed by atoms with Gasteiger partial charge in [0.1, 0.15) is 12.7 Å². The van der Waals surface area contributed by atoms with Gasteiger partial charge < -0.3 is 9.47 Å². The highest BCUT2D eigenvalue weighted by atomic mass is 19.3. The summed E-state index contributed by atoms with van der Waals surface area (Å²) in [7, 11) is 0. The molecule has 0 aliphatic rings. The lowest BCUT2D eigenvalue weighted by atomic mass is 10.1. The van der Waals surface area contributed by atoms with E-state index in [1.807, 2.05) is 0 Å². The number of alkyl halides is 3. The van der Waals surface area contributed by atoms with E-state index >= 15 is 0 Å². The molecule has 4 nitrogen and oxygen atoms in total. The van der Waals surface area contributed by atoms with Crippen molar-refractivity contribution < 1.29 is 32.2 Å². The highest BCUT2D eigenvalue weighted by Crippen LogP contribution is 2.22. The Bertz CT molecular complexity index is 328. The normalized spacial score (nSPS) is 12.4. The Labute approximate surface area is 102 Å². The third kappa shape index (κ3) is 6.72. The Hall–Kier alpha value is -1.79. The summed E-state index contributed by atoms with van der Waals surface area (Å²) in [4.78, 5) is 21.6. The minimum absolute atomic E-state index is 0.611. The summed E-state index contributed by atoms with van der Waals surface area (Å²) in [6.45, 7) is 3.67. The zero-order valence-corrected chi connectivity index (χ0v) is 9.53. The lowest BCUT2D eigenvalue weighted by Gasteiger charge is -2.20. The van der Waals surface area contributed by atoms with Gasteiger partial charge in [-0.2, -0.15) is 0 Å². The molecule has 0 fully saturated rings. The average Bonchev–Trinajstić information content (AvgIpc) is 2.34. The number of esters is 2. The molecule has 1 unspecified atom stereocenters. The second-order valence-corrected chi connectivity index (χ2v) is 3.29. The van der Waals surface area contributed by atoms with Crippen molar-refractivity contribution in [3.05, 3.63) is 25.3 Å². The molecule has 0 aliphatic carbocycles. The standard InChI is InChI=1S/C11H13F3O4/c1-3-9(15)17-6-8(18-10(16)4-2)5-11(13,14)7-12/h3-4,8H,1-2,5-7H2. The summed E-state index contributed by atoms with van der Waals surface area (Å²) < 4.78 is 46.6. The fourth-order valence-corrected chi connectivity index (χ4v) is 0.969. The van der Waals surface area contributed by atoms with Gasteiger partial charge in [-0.1, -0.05) is 13.2 Å². The van der Waals surface area contributed by atoms with Crippen LogP contribution in [0.4, 0.5) is 13.2 Å². The summed E-state index contributed by atoms with van der Waals surface area (Å²) in [5.41, 5.74) is 0. The predicted octanol–water partition coefficient (Wildman–Crippen LogP) is 1.81. The first-order valence-electron chi connectivity index (χ1n) is 4.90. The van der Waals surface area contributed by atoms with Gasteiger partial charge >= 0.3 is 11.9 Å². The van der Waals surface area contributed by atoms with E-state index in [0.29, 0.717) is 0 Å². The maximum Gasteiger partial charge on any atom is 0.330 e. The van der Waals surface area contributed by atoms with Crippen molar-refractivity contribution >= 4 is 11.9 Å². The Kier molecular flexibility index (Phi) is 6.77. The van der Waals surface area contributed by atoms with Crippen molar-refractivity contribution in [2.24, 2.45) is 0 Å². The summed E-state index contributed by atoms with van der Waals surface area (Å²) in [6, 6.07) is 0. The van der Waals surface area contributed by atoms with E-state index in [9.17, 15) is 22.8 Å². The number of hydrogen-bond acceptors (Lipinski definition) is 4. The fraction of sp³-hybridized carbons (Fsp3) is 0.455. The summed E-state index contributed by atoms with van der Waals surface area (Å²) in [5, 5.41) is 0. The van der Waals surface area contributed by atoms with Crippen LogP contribution < -0.4 is 0 Å². The Morgan fingerprint density at radius 2 is 1.78 bits per heavy atom. The van der Waals surface area contributed by atoms with Crippen LogP contribution in [0.5, 0.6) is 0 Å². The second-order valence-electron chi connectivity index (χ2n) is 3.29. The number of hydrogen-bond donors (Lipinski definition) is 0. The molecule has 0 aromatic carbocycles. The third-order valence-corrected chi connectivity index (χ3v) is 1.75. The van der Waals surface area contributed by atoms with Crippen molar-refractivity contribution in [3.63, 3.8) is 0 Å². The molecule has 0 saturated heterocycles. The SMILES string of the molecule is C=CC(=O)OCC(CC(F)(F)CF)OC(=O)C=C. The molecule has 102 valence electrons. The van der Waals surface area contributed by atoms with E-state index in [4.69, 9.17) is 0 Å². The molecule has 0 radical (unpaired) electrons. The molecule has 0 heterocycles. The van der Waals surface area contributed by atoms with Crippen LogP contribution in [0.15, 0.2) is 25.3 Å². The Balaban J connectivity index is 4.51. The zero-order valence-electron chi connectivity index (χ0n) is 9.53. The molecule has 7 heteroatoms. The van der Waals surface area contributed by atoms with E-state index in [2.05, 4.69) is 22.6 Å². The Morgan fingerprint density at radius 1 is 1.22 bits per heavy atom. The van der Waals surface area contributed by atoms with Crippen LogP contribution in [-0.4, -0.2) is 37.2 Å². The average molecular weight is 266 g/mol. The van der Waals surface area contributed by atoms with Crippen LogP contribution in [0.2, 0.25) is 0 Å². The van der Waals surface area contributed by atoms with E-state index in [-0.39, 0.29) is 0 Å². The van der Waals surface area contributed by atoms with Gasteiger partial charge in [-0.15, -0.1) is 0 Å². The second kappa shape index (κ2) is 7.52. The summed E-state index contributed by atoms with van der Waals surface area (Å²) in [6.07, 6.45) is -0.964. The molecule has 0 saturated carbocycles. The molecule has 0 amide bonds. The van der Waals surface area contributed by atoms with Crippen molar-refractivity contribution in [2.45, 2.75) is 18.4 Å². The molecule has 0 aliphatic heterocycles. The zero-order chi connectivity index (χ0) is 14.2. The van der Waals surface area contributed by atoms with E-state index in [1.165, 1.54) is 0 Å². The van der Waals surface area contributed by atoms with Crippen LogP contribution in [0.25, 0.3) is 0 Å². The molecule has 0 aromatic heterocycles. The first-order chi connectivity index (χ1) is 8.34. The number of halogens is 3. The van der Waals surface area contributed by atoms with Gasteiger partial charge in [0.2, 0.25) is 0 Å². The van der Waals surface area contributed by atoms with Crippen LogP contribution in [0.3, 0.4) is 0 Å². The topological polar surface area (TPSA) is 52.6 Å². The lowest BCUT2D eigenvalue weighted by molar-refractivity contribution is -0.159. The molecule has 0 spiro atoms. The maximum atomic E-state index is 12.8. The molecular weight excluding hydrogens is 253 g/mol. The highest BCUT2D eigenvalue weighted by Gasteiger charge is 2.35. The van der Waals surface area contributed by atoms with E-state index < -0.39 is 43.7 Å². The first kappa shape index (κ1) is 16.2. The molecule has 18 heavy (non-hydrogen) atoms. The molecule has 0 bridgehead atoms. The van der Waals surface area contributed by atoms with Gasteiger partial charge in [-0.25, -0.2) is 22.8 Å². The largest absolute Gasteiger partial charge is 0.459 e. The predicted molar refractivity (Wildman–Crippen MR) is 56.8 cm³/mol. The summed E-state index contributed by atoms with van der Waals surface area (Å²) >= 11 is 0. The van der Waals surface area contributed by atoms with Crippen LogP contribution >= 0.6 is 0 Å². The minimum Gasteiger partial charge on any atom is -0.459 e. The fourth-order valence-electron chi connectivity index (χ4n) is 0.969. The number of ether oxygens (including phenoxy) is 2. The van der Waals surface area contributed by atoms with Gasteiger partial charge in [0, 0.05) is 12.2 Å². The molecule has 0 N–H and O–H groups in total. The monoisotopic (exact) mass is 266 g/mol. The van der Waals surface area contributed by atoms with Gasteiger partial charge in [0.15, 0.2) is 6.67 Å². The maximum absolute atomic E-state index is 12.8. The van der Waals surface area contributed by atoms with Gasteiger partial charge in [-0.3, -0.25) is 0 Å². The third-order valence-electron chi connectivity index (χ3n) is 1.75.